The zero-order valence-corrected chi connectivity index (χ0v) is 14.1. The number of nitrogens with one attached hydrogen (secondary N) is 2. The van der Waals surface area contributed by atoms with Crippen LogP contribution in [0.5, 0.6) is 11.5 Å². The Hall–Kier alpha value is -2.74. The lowest BCUT2D eigenvalue weighted by molar-refractivity contribution is 0.399. The Kier molecular flexibility index (Phi) is 4.30. The third-order valence-electron chi connectivity index (χ3n) is 3.54. The molecule has 0 radical (unpaired) electrons. The predicted molar refractivity (Wildman–Crippen MR) is 90.2 cm³/mol. The number of aromatic amines is 1. The summed E-state index contributed by atoms with van der Waals surface area (Å²) in [5.74, 6) is 2.08. The molecule has 3 aromatic rings. The molecular formula is C15H16ClN5O3. The molecule has 0 bridgehead atoms. The largest absolute Gasteiger partial charge is 0.497 e. The maximum absolute atomic E-state index is 12.1. The van der Waals surface area contributed by atoms with Gasteiger partial charge in [0.2, 0.25) is 5.95 Å². The summed E-state index contributed by atoms with van der Waals surface area (Å²) in [6.45, 7) is 2.08. The van der Waals surface area contributed by atoms with Gasteiger partial charge in [0.15, 0.2) is 0 Å². The van der Waals surface area contributed by atoms with Crippen molar-refractivity contribution in [3.63, 3.8) is 0 Å². The van der Waals surface area contributed by atoms with Gasteiger partial charge in [0.25, 0.3) is 11.3 Å². The van der Waals surface area contributed by atoms with E-state index in [2.05, 4.69) is 20.4 Å². The van der Waals surface area contributed by atoms with Crippen LogP contribution in [-0.4, -0.2) is 33.8 Å². The van der Waals surface area contributed by atoms with Gasteiger partial charge in [-0.05, 0) is 25.1 Å². The summed E-state index contributed by atoms with van der Waals surface area (Å²) < 4.78 is 11.7. The van der Waals surface area contributed by atoms with Crippen molar-refractivity contribution in [1.29, 1.82) is 0 Å². The molecule has 1 aromatic carbocycles. The molecule has 9 heteroatoms. The molecular weight excluding hydrogens is 334 g/mol. The number of methoxy groups -OCH3 is 2. The smallest absolute Gasteiger partial charge is 0.293 e. The van der Waals surface area contributed by atoms with E-state index in [1.807, 2.05) is 18.2 Å². The topological polar surface area (TPSA) is 93.5 Å². The lowest BCUT2D eigenvalue weighted by atomic mass is 10.2. The van der Waals surface area contributed by atoms with Crippen LogP contribution >= 0.6 is 11.6 Å². The Bertz CT molecular complexity index is 950. The van der Waals surface area contributed by atoms with E-state index in [0.29, 0.717) is 23.9 Å². The zero-order valence-electron chi connectivity index (χ0n) is 13.4. The van der Waals surface area contributed by atoms with Crippen molar-refractivity contribution >= 4 is 23.3 Å². The van der Waals surface area contributed by atoms with E-state index in [0.717, 1.165) is 11.3 Å². The highest BCUT2D eigenvalue weighted by Crippen LogP contribution is 2.24. The number of nitrogens with zero attached hydrogens (tertiary/aromatic N) is 3. The molecule has 0 atom stereocenters. The monoisotopic (exact) mass is 349 g/mol. The number of aromatic nitrogens is 4. The fraction of sp³-hybridized carbons (Fsp3) is 0.267. The van der Waals surface area contributed by atoms with E-state index in [1.54, 1.807) is 21.1 Å². The van der Waals surface area contributed by atoms with E-state index >= 15 is 0 Å². The minimum Gasteiger partial charge on any atom is -0.497 e. The molecule has 0 aliphatic carbocycles. The lowest BCUT2D eigenvalue weighted by Gasteiger charge is -2.10. The quantitative estimate of drug-likeness (QED) is 0.732. The predicted octanol–water partition coefficient (Wildman–Crippen LogP) is 2.01. The Morgan fingerprint density at radius 1 is 1.29 bits per heavy atom. The number of rotatable bonds is 5. The Balaban J connectivity index is 1.89. The SMILES string of the molecule is COc1ccc(OC)c(CNc2nc3nc(C)c(Cl)c(=O)n3[nH]2)c1. The molecule has 2 heterocycles. The number of halogens is 1. The highest BCUT2D eigenvalue weighted by Gasteiger charge is 2.12. The van der Waals surface area contributed by atoms with E-state index < -0.39 is 5.56 Å². The lowest BCUT2D eigenvalue weighted by Crippen LogP contribution is -2.17. The van der Waals surface area contributed by atoms with E-state index in [-0.39, 0.29) is 10.8 Å². The van der Waals surface area contributed by atoms with Gasteiger partial charge in [-0.2, -0.15) is 9.50 Å². The van der Waals surface area contributed by atoms with Crippen LogP contribution in [0.3, 0.4) is 0 Å². The molecule has 0 fully saturated rings. The second-order valence-electron chi connectivity index (χ2n) is 5.06. The van der Waals surface area contributed by atoms with Crippen LogP contribution in [0.4, 0.5) is 5.95 Å². The molecule has 2 aromatic heterocycles. The van der Waals surface area contributed by atoms with Crippen LogP contribution in [0.15, 0.2) is 23.0 Å². The van der Waals surface area contributed by atoms with Gasteiger partial charge in [-0.3, -0.25) is 9.89 Å². The molecule has 0 aliphatic heterocycles. The van der Waals surface area contributed by atoms with Crippen LogP contribution in [0, 0.1) is 6.92 Å². The third kappa shape index (κ3) is 2.88. The van der Waals surface area contributed by atoms with Gasteiger partial charge in [0, 0.05) is 12.1 Å². The maximum atomic E-state index is 12.1. The molecule has 0 saturated heterocycles. The van der Waals surface area contributed by atoms with Crippen molar-refractivity contribution in [3.8, 4) is 11.5 Å². The van der Waals surface area contributed by atoms with Crippen molar-refractivity contribution in [2.24, 2.45) is 0 Å². The van der Waals surface area contributed by atoms with Gasteiger partial charge in [-0.25, -0.2) is 4.98 Å². The number of hydrogen-bond acceptors (Lipinski definition) is 6. The van der Waals surface area contributed by atoms with E-state index in [4.69, 9.17) is 21.1 Å². The molecule has 0 saturated carbocycles. The van der Waals surface area contributed by atoms with Crippen LogP contribution in [-0.2, 0) is 6.54 Å². The zero-order chi connectivity index (χ0) is 17.3. The minimum absolute atomic E-state index is 0.0668. The fourth-order valence-corrected chi connectivity index (χ4v) is 2.40. The Morgan fingerprint density at radius 2 is 2.08 bits per heavy atom. The summed E-state index contributed by atoms with van der Waals surface area (Å²) in [7, 11) is 3.20. The molecule has 0 aliphatic rings. The number of hydrogen-bond donors (Lipinski definition) is 2. The first-order valence-electron chi connectivity index (χ1n) is 7.13. The number of fused-ring (bicyclic) bond motifs is 1. The van der Waals surface area contributed by atoms with E-state index in [9.17, 15) is 4.79 Å². The highest BCUT2D eigenvalue weighted by molar-refractivity contribution is 6.31. The first-order chi connectivity index (χ1) is 11.5. The summed E-state index contributed by atoms with van der Waals surface area (Å²) in [5, 5.41) is 6.00. The van der Waals surface area contributed by atoms with Crippen LogP contribution < -0.4 is 20.3 Å². The molecule has 24 heavy (non-hydrogen) atoms. The summed E-state index contributed by atoms with van der Waals surface area (Å²) in [5.41, 5.74) is 0.930. The standard InChI is InChI=1S/C15H16ClN5O3/c1-8-12(16)13(22)21-15(18-8)19-14(20-21)17-7-9-6-10(23-2)4-5-11(9)24-3/h4-6H,7H2,1-3H3,(H2,17,18,19,20). The number of anilines is 1. The third-order valence-corrected chi connectivity index (χ3v) is 3.97. The second-order valence-corrected chi connectivity index (χ2v) is 5.43. The normalized spacial score (nSPS) is 10.8. The number of aryl methyl sites for hydroxylation is 1. The van der Waals surface area contributed by atoms with Gasteiger partial charge < -0.3 is 14.8 Å². The van der Waals surface area contributed by atoms with Crippen LogP contribution in [0.25, 0.3) is 5.78 Å². The molecule has 8 nitrogen and oxygen atoms in total. The molecule has 0 unspecified atom stereocenters. The summed E-state index contributed by atoms with van der Waals surface area (Å²) >= 11 is 5.92. The van der Waals surface area contributed by atoms with Crippen molar-refractivity contribution in [2.75, 3.05) is 19.5 Å². The average Bonchev–Trinajstić information content (AvgIpc) is 3.00. The van der Waals surface area contributed by atoms with Gasteiger partial charge in [0.05, 0.1) is 19.9 Å². The van der Waals surface area contributed by atoms with Crippen LogP contribution in [0.1, 0.15) is 11.3 Å². The first-order valence-corrected chi connectivity index (χ1v) is 7.51. The molecule has 3 rings (SSSR count). The van der Waals surface area contributed by atoms with Gasteiger partial charge in [-0.1, -0.05) is 11.6 Å². The summed E-state index contributed by atoms with van der Waals surface area (Å²) in [6, 6.07) is 5.50. The number of benzene rings is 1. The van der Waals surface area contributed by atoms with E-state index in [1.165, 1.54) is 4.52 Å². The minimum atomic E-state index is -0.390. The Labute approximate surface area is 142 Å². The van der Waals surface area contributed by atoms with Gasteiger partial charge in [-0.15, -0.1) is 0 Å². The number of ether oxygens (including phenoxy) is 2. The van der Waals surface area contributed by atoms with Crippen molar-refractivity contribution in [1.82, 2.24) is 19.6 Å². The van der Waals surface area contributed by atoms with Gasteiger partial charge in [0.1, 0.15) is 16.5 Å². The molecule has 0 amide bonds. The number of H-pyrrole nitrogens is 1. The maximum Gasteiger partial charge on any atom is 0.293 e. The molecule has 126 valence electrons. The fourth-order valence-electron chi connectivity index (χ4n) is 2.28. The first kappa shape index (κ1) is 16.1. The Morgan fingerprint density at radius 3 is 2.79 bits per heavy atom. The second kappa shape index (κ2) is 6.40. The molecule has 2 N–H and O–H groups in total. The highest BCUT2D eigenvalue weighted by atomic mass is 35.5. The van der Waals surface area contributed by atoms with Gasteiger partial charge >= 0.3 is 0 Å². The van der Waals surface area contributed by atoms with Crippen molar-refractivity contribution in [3.05, 3.63) is 44.8 Å². The van der Waals surface area contributed by atoms with Crippen molar-refractivity contribution < 1.29 is 9.47 Å². The van der Waals surface area contributed by atoms with Crippen LogP contribution in [0.2, 0.25) is 5.02 Å². The molecule has 0 spiro atoms. The average molecular weight is 350 g/mol. The summed E-state index contributed by atoms with van der Waals surface area (Å²) in [6.07, 6.45) is 0. The summed E-state index contributed by atoms with van der Waals surface area (Å²) in [4.78, 5) is 20.5. The van der Waals surface area contributed by atoms with Crippen molar-refractivity contribution in [2.45, 2.75) is 13.5 Å².